The van der Waals surface area contributed by atoms with Gasteiger partial charge in [-0.1, -0.05) is 26.0 Å². The number of aromatic amines is 1. The van der Waals surface area contributed by atoms with E-state index in [4.69, 9.17) is 4.99 Å². The fourth-order valence-electron chi connectivity index (χ4n) is 4.67. The van der Waals surface area contributed by atoms with E-state index in [1.54, 1.807) is 0 Å². The first-order valence-corrected chi connectivity index (χ1v) is 10.5. The van der Waals surface area contributed by atoms with Crippen molar-refractivity contribution in [2.24, 2.45) is 15.4 Å². The van der Waals surface area contributed by atoms with Crippen molar-refractivity contribution in [1.82, 2.24) is 4.98 Å². The van der Waals surface area contributed by atoms with Crippen LogP contribution in [0.2, 0.25) is 0 Å². The van der Waals surface area contributed by atoms with Crippen LogP contribution in [0, 0.1) is 5.41 Å². The van der Waals surface area contributed by atoms with E-state index < -0.39 is 0 Å². The van der Waals surface area contributed by atoms with Crippen LogP contribution in [0.3, 0.4) is 0 Å². The lowest BCUT2D eigenvalue weighted by Gasteiger charge is -2.36. The summed E-state index contributed by atoms with van der Waals surface area (Å²) in [6.07, 6.45) is 5.68. The second-order valence-electron chi connectivity index (χ2n) is 8.33. The Morgan fingerprint density at radius 3 is 2.66 bits per heavy atom. The van der Waals surface area contributed by atoms with Gasteiger partial charge in [-0.25, -0.2) is 4.99 Å². The van der Waals surface area contributed by atoms with Crippen LogP contribution in [0.15, 0.2) is 58.6 Å². The standard InChI is InChI=1S/C25H25N3O/c1-3-25(4-2)13-19-6-5-16(12-20(19)23(29)14-25)22-15-27-24(28-22)18-7-8-21-17(11-18)9-10-26-21/h5-12,26H,3-4,13-15H2,1-2H3. The van der Waals surface area contributed by atoms with Gasteiger partial charge in [0.15, 0.2) is 11.6 Å². The van der Waals surface area contributed by atoms with Gasteiger partial charge in [0, 0.05) is 34.6 Å². The van der Waals surface area contributed by atoms with Crippen LogP contribution in [0.25, 0.3) is 10.9 Å². The predicted octanol–water partition coefficient (Wildman–Crippen LogP) is 5.35. The molecule has 4 heteroatoms. The van der Waals surface area contributed by atoms with Crippen molar-refractivity contribution < 1.29 is 4.79 Å². The molecule has 0 saturated carbocycles. The molecule has 1 N–H and O–H groups in total. The molecule has 0 saturated heterocycles. The van der Waals surface area contributed by atoms with Crippen LogP contribution < -0.4 is 0 Å². The minimum atomic E-state index is 0.129. The van der Waals surface area contributed by atoms with E-state index in [0.717, 1.165) is 58.4 Å². The molecule has 0 unspecified atom stereocenters. The largest absolute Gasteiger partial charge is 0.361 e. The zero-order chi connectivity index (χ0) is 20.0. The summed E-state index contributed by atoms with van der Waals surface area (Å²) in [5.74, 6) is 1.04. The molecule has 1 aliphatic carbocycles. The highest BCUT2D eigenvalue weighted by Crippen LogP contribution is 2.41. The topological polar surface area (TPSA) is 57.6 Å². The van der Waals surface area contributed by atoms with Crippen LogP contribution in [0.4, 0.5) is 0 Å². The number of aromatic nitrogens is 1. The van der Waals surface area contributed by atoms with Crippen LogP contribution in [0.1, 0.15) is 60.2 Å². The smallest absolute Gasteiger partial charge is 0.163 e. The van der Waals surface area contributed by atoms with E-state index in [2.05, 4.69) is 60.2 Å². The van der Waals surface area contributed by atoms with Crippen molar-refractivity contribution in [2.75, 3.05) is 6.54 Å². The summed E-state index contributed by atoms with van der Waals surface area (Å²) in [5, 5.41) is 1.16. The maximum Gasteiger partial charge on any atom is 0.163 e. The molecule has 0 spiro atoms. The highest BCUT2D eigenvalue weighted by Gasteiger charge is 2.36. The number of carbonyl (C=O) groups is 1. The van der Waals surface area contributed by atoms with Crippen LogP contribution in [-0.2, 0) is 6.42 Å². The molecule has 5 rings (SSSR count). The quantitative estimate of drug-likeness (QED) is 0.648. The molecule has 0 bridgehead atoms. The number of fused-ring (bicyclic) bond motifs is 2. The summed E-state index contributed by atoms with van der Waals surface area (Å²) in [7, 11) is 0. The molecule has 4 nitrogen and oxygen atoms in total. The average Bonchev–Trinajstić information content (AvgIpc) is 3.42. The lowest BCUT2D eigenvalue weighted by Crippen LogP contribution is -2.31. The maximum atomic E-state index is 12.9. The number of hydrogen-bond donors (Lipinski definition) is 1. The van der Waals surface area contributed by atoms with Gasteiger partial charge in [-0.15, -0.1) is 0 Å². The molecule has 3 aromatic rings. The van der Waals surface area contributed by atoms with Crippen molar-refractivity contribution in [3.05, 3.63) is 70.9 Å². The zero-order valence-corrected chi connectivity index (χ0v) is 17.0. The number of amidine groups is 1. The van der Waals surface area contributed by atoms with Crippen molar-refractivity contribution in [1.29, 1.82) is 0 Å². The van der Waals surface area contributed by atoms with Crippen molar-refractivity contribution in [2.45, 2.75) is 39.5 Å². The molecule has 2 aromatic carbocycles. The third-order valence-corrected chi connectivity index (χ3v) is 6.78. The Morgan fingerprint density at radius 2 is 1.83 bits per heavy atom. The maximum absolute atomic E-state index is 12.9. The van der Waals surface area contributed by atoms with Crippen LogP contribution in [0.5, 0.6) is 0 Å². The Morgan fingerprint density at radius 1 is 1.00 bits per heavy atom. The van der Waals surface area contributed by atoms with Crippen molar-refractivity contribution >= 4 is 28.2 Å². The first-order valence-electron chi connectivity index (χ1n) is 10.5. The van der Waals surface area contributed by atoms with Crippen molar-refractivity contribution in [3.63, 3.8) is 0 Å². The highest BCUT2D eigenvalue weighted by atomic mass is 16.1. The zero-order valence-electron chi connectivity index (χ0n) is 17.0. The molecule has 0 amide bonds. The van der Waals surface area contributed by atoms with E-state index in [1.165, 1.54) is 5.56 Å². The second-order valence-corrected chi connectivity index (χ2v) is 8.33. The Hall–Kier alpha value is -3.01. The highest BCUT2D eigenvalue weighted by molar-refractivity contribution is 6.18. The van der Waals surface area contributed by atoms with E-state index in [0.29, 0.717) is 13.0 Å². The van der Waals surface area contributed by atoms with Gasteiger partial charge in [-0.3, -0.25) is 9.79 Å². The van der Waals surface area contributed by atoms with E-state index in [9.17, 15) is 4.79 Å². The molecule has 2 aliphatic rings. The van der Waals surface area contributed by atoms with E-state index in [1.807, 2.05) is 12.3 Å². The number of aliphatic imine (C=N–C) groups is 2. The van der Waals surface area contributed by atoms with Gasteiger partial charge in [-0.05, 0) is 66.1 Å². The molecule has 29 heavy (non-hydrogen) atoms. The average molecular weight is 383 g/mol. The Labute approximate surface area is 170 Å². The van der Waals surface area contributed by atoms with Gasteiger partial charge in [0.1, 0.15) is 0 Å². The number of nitrogens with zero attached hydrogens (tertiary/aromatic N) is 2. The summed E-state index contributed by atoms with van der Waals surface area (Å²) < 4.78 is 0. The van der Waals surface area contributed by atoms with Crippen LogP contribution >= 0.6 is 0 Å². The molecule has 146 valence electrons. The van der Waals surface area contributed by atoms with Gasteiger partial charge < -0.3 is 4.98 Å². The SMILES string of the molecule is CCC1(CC)CC(=O)c2cc(C3=NC(c4ccc5[nH]ccc5c4)=NC3)ccc2C1. The fraction of sp³-hybridized carbons (Fsp3) is 0.320. The fourth-order valence-corrected chi connectivity index (χ4v) is 4.67. The summed E-state index contributed by atoms with van der Waals surface area (Å²) in [4.78, 5) is 25.6. The third kappa shape index (κ3) is 3.03. The lowest BCUT2D eigenvalue weighted by molar-refractivity contribution is 0.0871. The van der Waals surface area contributed by atoms with Gasteiger partial charge in [-0.2, -0.15) is 0 Å². The molecule has 0 fully saturated rings. The lowest BCUT2D eigenvalue weighted by atomic mass is 9.67. The Balaban J connectivity index is 1.45. The van der Waals surface area contributed by atoms with E-state index in [-0.39, 0.29) is 11.2 Å². The van der Waals surface area contributed by atoms with Gasteiger partial charge in [0.05, 0.1) is 12.3 Å². The molecule has 2 heterocycles. The minimum Gasteiger partial charge on any atom is -0.361 e. The molecule has 1 aliphatic heterocycles. The number of H-pyrrole nitrogens is 1. The third-order valence-electron chi connectivity index (χ3n) is 6.78. The summed E-state index contributed by atoms with van der Waals surface area (Å²) in [6.45, 7) is 4.96. The number of ketones is 1. The first kappa shape index (κ1) is 18.0. The van der Waals surface area contributed by atoms with Gasteiger partial charge >= 0.3 is 0 Å². The number of nitrogens with one attached hydrogen (secondary N) is 1. The molecular weight excluding hydrogens is 358 g/mol. The first-order chi connectivity index (χ1) is 14.1. The van der Waals surface area contributed by atoms with E-state index >= 15 is 0 Å². The summed E-state index contributed by atoms with van der Waals surface area (Å²) >= 11 is 0. The summed E-state index contributed by atoms with van der Waals surface area (Å²) in [5.41, 5.74) is 6.28. The number of rotatable bonds is 4. The minimum absolute atomic E-state index is 0.129. The number of Topliss-reactive ketones (excluding diaryl/α,β-unsaturated/α-hetero) is 1. The summed E-state index contributed by atoms with van der Waals surface area (Å²) in [6, 6.07) is 14.6. The predicted molar refractivity (Wildman–Crippen MR) is 118 cm³/mol. The monoisotopic (exact) mass is 383 g/mol. The number of benzene rings is 2. The molecule has 1 aromatic heterocycles. The number of carbonyl (C=O) groups excluding carboxylic acids is 1. The molecule has 0 radical (unpaired) electrons. The molecule has 0 atom stereocenters. The van der Waals surface area contributed by atoms with Gasteiger partial charge in [0.25, 0.3) is 0 Å². The second kappa shape index (κ2) is 6.80. The Bertz CT molecular complexity index is 1180. The molecular formula is C25H25N3O. The Kier molecular flexibility index (Phi) is 4.23. The normalized spacial score (nSPS) is 17.9. The van der Waals surface area contributed by atoms with Gasteiger partial charge in [0.2, 0.25) is 0 Å². The van der Waals surface area contributed by atoms with Crippen LogP contribution in [-0.4, -0.2) is 28.9 Å². The number of hydrogen-bond acceptors (Lipinski definition) is 3. The van der Waals surface area contributed by atoms with Crippen molar-refractivity contribution in [3.8, 4) is 0 Å².